The molecular weight excluding hydrogens is 469 g/mol. The summed E-state index contributed by atoms with van der Waals surface area (Å²) in [6, 6.07) is 11.0. The van der Waals surface area contributed by atoms with Gasteiger partial charge in [-0.25, -0.2) is 12.8 Å². The van der Waals surface area contributed by atoms with Crippen LogP contribution in [0.5, 0.6) is 0 Å². The predicted molar refractivity (Wildman–Crippen MR) is 122 cm³/mol. The van der Waals surface area contributed by atoms with Gasteiger partial charge < -0.3 is 9.80 Å². The molecule has 1 atom stereocenters. The molecule has 7 nitrogen and oxygen atoms in total. The summed E-state index contributed by atoms with van der Waals surface area (Å²) in [5.41, 5.74) is 0.213. The normalized spacial score (nSPS) is 20.0. The lowest BCUT2D eigenvalue weighted by molar-refractivity contribution is -0.137. The van der Waals surface area contributed by atoms with Gasteiger partial charge in [0.2, 0.25) is 15.9 Å². The fourth-order valence-electron chi connectivity index (χ4n) is 4.34. The second-order valence-corrected chi connectivity index (χ2v) is 10.5. The molecule has 176 valence electrons. The Kier molecular flexibility index (Phi) is 7.02. The maximum atomic E-state index is 13.3. The average Bonchev–Trinajstić information content (AvgIpc) is 2.84. The summed E-state index contributed by atoms with van der Waals surface area (Å²) in [7, 11) is -3.79. The van der Waals surface area contributed by atoms with Crippen LogP contribution in [0.15, 0.2) is 53.4 Å². The van der Waals surface area contributed by atoms with Crippen molar-refractivity contribution in [1.82, 2.24) is 14.1 Å². The smallest absolute Gasteiger partial charge is 0.255 e. The maximum Gasteiger partial charge on any atom is 0.255 e. The number of hydrogen-bond donors (Lipinski definition) is 0. The molecule has 10 heteroatoms. The molecule has 0 spiro atoms. The molecule has 33 heavy (non-hydrogen) atoms. The maximum absolute atomic E-state index is 13.3. The van der Waals surface area contributed by atoms with E-state index in [9.17, 15) is 22.4 Å². The third kappa shape index (κ3) is 4.90. The Morgan fingerprint density at radius 3 is 2.24 bits per heavy atom. The Morgan fingerprint density at radius 1 is 0.909 bits per heavy atom. The second-order valence-electron chi connectivity index (χ2n) is 8.18. The Bertz CT molecular complexity index is 1140. The zero-order valence-corrected chi connectivity index (χ0v) is 19.6. The molecule has 2 fully saturated rings. The molecule has 0 radical (unpaired) electrons. The SMILES string of the molecule is O=C(c1ccc(F)cc1Cl)N1CCN(C(=O)C2CCCCN2S(=O)(=O)c2ccccc2)CC1. The summed E-state index contributed by atoms with van der Waals surface area (Å²) >= 11 is 6.02. The van der Waals surface area contributed by atoms with Crippen LogP contribution < -0.4 is 0 Å². The van der Waals surface area contributed by atoms with Crippen molar-refractivity contribution in [1.29, 1.82) is 0 Å². The molecule has 1 unspecified atom stereocenters. The number of nitrogens with zero attached hydrogens (tertiary/aromatic N) is 3. The monoisotopic (exact) mass is 493 g/mol. The summed E-state index contributed by atoms with van der Waals surface area (Å²) in [4.78, 5) is 29.5. The molecule has 0 aliphatic carbocycles. The first kappa shape index (κ1) is 23.7. The van der Waals surface area contributed by atoms with E-state index in [-0.39, 0.29) is 40.4 Å². The van der Waals surface area contributed by atoms with E-state index >= 15 is 0 Å². The summed E-state index contributed by atoms with van der Waals surface area (Å²) in [6.45, 7) is 1.46. The van der Waals surface area contributed by atoms with E-state index in [4.69, 9.17) is 11.6 Å². The van der Waals surface area contributed by atoms with Crippen LogP contribution in [-0.4, -0.2) is 73.1 Å². The van der Waals surface area contributed by atoms with E-state index in [0.717, 1.165) is 12.5 Å². The minimum Gasteiger partial charge on any atom is -0.338 e. The van der Waals surface area contributed by atoms with E-state index in [1.807, 2.05) is 0 Å². The molecule has 2 saturated heterocycles. The van der Waals surface area contributed by atoms with Crippen LogP contribution in [-0.2, 0) is 14.8 Å². The van der Waals surface area contributed by atoms with Gasteiger partial charge in [-0.15, -0.1) is 0 Å². The van der Waals surface area contributed by atoms with Gasteiger partial charge in [0.15, 0.2) is 0 Å². The average molecular weight is 494 g/mol. The van der Waals surface area contributed by atoms with Crippen molar-refractivity contribution in [2.45, 2.75) is 30.2 Å². The Morgan fingerprint density at radius 2 is 1.58 bits per heavy atom. The van der Waals surface area contributed by atoms with Crippen molar-refractivity contribution in [2.24, 2.45) is 0 Å². The number of carbonyl (C=O) groups is 2. The number of piperidine rings is 1. The van der Waals surface area contributed by atoms with Crippen LogP contribution in [0.2, 0.25) is 5.02 Å². The predicted octanol–water partition coefficient (Wildman–Crippen LogP) is 3.01. The van der Waals surface area contributed by atoms with Gasteiger partial charge in [-0.05, 0) is 43.2 Å². The highest BCUT2D eigenvalue weighted by atomic mass is 35.5. The lowest BCUT2D eigenvalue weighted by Crippen LogP contribution is -2.57. The van der Waals surface area contributed by atoms with Crippen LogP contribution in [0, 0.1) is 5.82 Å². The van der Waals surface area contributed by atoms with Crippen molar-refractivity contribution in [3.05, 3.63) is 64.9 Å². The topological polar surface area (TPSA) is 78.0 Å². The van der Waals surface area contributed by atoms with Gasteiger partial charge in [-0.2, -0.15) is 4.31 Å². The minimum atomic E-state index is -3.79. The Labute approximate surface area is 197 Å². The molecule has 2 aliphatic rings. The molecule has 2 aliphatic heterocycles. The van der Waals surface area contributed by atoms with Crippen LogP contribution in [0.1, 0.15) is 29.6 Å². The van der Waals surface area contributed by atoms with Gasteiger partial charge in [-0.3, -0.25) is 9.59 Å². The van der Waals surface area contributed by atoms with E-state index in [1.165, 1.54) is 28.6 Å². The van der Waals surface area contributed by atoms with Crippen LogP contribution in [0.4, 0.5) is 4.39 Å². The summed E-state index contributed by atoms with van der Waals surface area (Å²) in [5.74, 6) is -1.08. The highest BCUT2D eigenvalue weighted by Crippen LogP contribution is 2.27. The molecule has 0 saturated carbocycles. The number of hydrogen-bond acceptors (Lipinski definition) is 4. The highest BCUT2D eigenvalue weighted by molar-refractivity contribution is 7.89. The molecule has 2 aromatic carbocycles. The molecule has 0 aromatic heterocycles. The van der Waals surface area contributed by atoms with Gasteiger partial charge in [0, 0.05) is 32.7 Å². The Balaban J connectivity index is 1.44. The number of benzene rings is 2. The number of piperazine rings is 1. The van der Waals surface area contributed by atoms with E-state index in [2.05, 4.69) is 0 Å². The third-order valence-corrected chi connectivity index (χ3v) is 8.36. The zero-order chi connectivity index (χ0) is 23.6. The lowest BCUT2D eigenvalue weighted by atomic mass is 10.0. The molecule has 4 rings (SSSR count). The van der Waals surface area contributed by atoms with Crippen molar-refractivity contribution in [3.63, 3.8) is 0 Å². The number of rotatable bonds is 4. The van der Waals surface area contributed by atoms with Gasteiger partial charge in [0.05, 0.1) is 15.5 Å². The first-order valence-corrected chi connectivity index (χ1v) is 12.7. The van der Waals surface area contributed by atoms with Gasteiger partial charge >= 0.3 is 0 Å². The van der Waals surface area contributed by atoms with Crippen molar-refractivity contribution < 1.29 is 22.4 Å². The molecule has 0 bridgehead atoms. The number of amides is 2. The van der Waals surface area contributed by atoms with Crippen molar-refractivity contribution >= 4 is 33.4 Å². The van der Waals surface area contributed by atoms with Crippen molar-refractivity contribution in [3.8, 4) is 0 Å². The lowest BCUT2D eigenvalue weighted by Gasteiger charge is -2.40. The quantitative estimate of drug-likeness (QED) is 0.656. The Hall–Kier alpha value is -2.49. The fourth-order valence-corrected chi connectivity index (χ4v) is 6.26. The van der Waals surface area contributed by atoms with Crippen molar-refractivity contribution in [2.75, 3.05) is 32.7 Å². The summed E-state index contributed by atoms with van der Waals surface area (Å²) < 4.78 is 41.0. The van der Waals surface area contributed by atoms with Crippen LogP contribution in [0.3, 0.4) is 0 Å². The van der Waals surface area contributed by atoms with Crippen LogP contribution in [0.25, 0.3) is 0 Å². The largest absolute Gasteiger partial charge is 0.338 e. The summed E-state index contributed by atoms with van der Waals surface area (Å²) in [6.07, 6.45) is 1.95. The minimum absolute atomic E-state index is 0.0440. The number of carbonyl (C=O) groups excluding carboxylic acids is 2. The molecule has 2 aromatic rings. The fraction of sp³-hybridized carbons (Fsp3) is 0.391. The molecule has 0 N–H and O–H groups in total. The van der Waals surface area contributed by atoms with Gasteiger partial charge in [0.25, 0.3) is 5.91 Å². The summed E-state index contributed by atoms with van der Waals surface area (Å²) in [5, 5.41) is 0.0440. The highest BCUT2D eigenvalue weighted by Gasteiger charge is 2.40. The first-order chi connectivity index (χ1) is 15.8. The van der Waals surface area contributed by atoms with E-state index < -0.39 is 21.9 Å². The van der Waals surface area contributed by atoms with Crippen LogP contribution >= 0.6 is 11.6 Å². The number of sulfonamides is 1. The third-order valence-electron chi connectivity index (χ3n) is 6.13. The standard InChI is InChI=1S/C23H25ClFN3O4S/c24-20-16-17(25)9-10-19(20)22(29)26-12-14-27(15-13-26)23(30)21-8-4-5-11-28(21)33(31,32)18-6-2-1-3-7-18/h1-3,6-7,9-10,16,21H,4-5,8,11-15H2. The number of halogens is 2. The molecule has 2 amide bonds. The van der Waals surface area contributed by atoms with E-state index in [0.29, 0.717) is 32.5 Å². The van der Waals surface area contributed by atoms with Gasteiger partial charge in [0.1, 0.15) is 11.9 Å². The molecular formula is C23H25ClFN3O4S. The zero-order valence-electron chi connectivity index (χ0n) is 18.0. The second kappa shape index (κ2) is 9.79. The molecule has 2 heterocycles. The first-order valence-electron chi connectivity index (χ1n) is 10.9. The van der Waals surface area contributed by atoms with E-state index in [1.54, 1.807) is 28.0 Å². The van der Waals surface area contributed by atoms with Gasteiger partial charge in [-0.1, -0.05) is 36.2 Å².